The number of rotatable bonds is 8. The molecule has 0 spiro atoms. The van der Waals surface area contributed by atoms with Crippen molar-refractivity contribution in [3.05, 3.63) is 47.5 Å². The zero-order valence-electron chi connectivity index (χ0n) is 19.6. The van der Waals surface area contributed by atoms with Crippen molar-refractivity contribution in [2.75, 3.05) is 55.8 Å². The van der Waals surface area contributed by atoms with Gasteiger partial charge in [0.15, 0.2) is 0 Å². The molecule has 2 aromatic carbocycles. The van der Waals surface area contributed by atoms with Gasteiger partial charge in [0.1, 0.15) is 17.2 Å². The molecule has 0 atom stereocenters. The molecule has 1 amide bonds. The summed E-state index contributed by atoms with van der Waals surface area (Å²) in [5.74, 6) is -0.485. The van der Waals surface area contributed by atoms with E-state index in [-0.39, 0.29) is 42.6 Å². The molecule has 0 aliphatic carbocycles. The van der Waals surface area contributed by atoms with E-state index in [1.807, 2.05) is 13.8 Å². The average molecular weight is 512 g/mol. The highest BCUT2D eigenvalue weighted by atomic mass is 32.2. The van der Waals surface area contributed by atoms with Crippen molar-refractivity contribution < 1.29 is 31.1 Å². The van der Waals surface area contributed by atoms with Crippen LogP contribution in [0.4, 0.5) is 11.4 Å². The van der Waals surface area contributed by atoms with Gasteiger partial charge in [-0.25, -0.2) is 16.8 Å². The number of aryl methyl sites for hydroxylation is 2. The van der Waals surface area contributed by atoms with E-state index in [1.54, 1.807) is 18.2 Å². The summed E-state index contributed by atoms with van der Waals surface area (Å²) in [7, 11) is -6.28. The number of benzene rings is 2. The Morgan fingerprint density at radius 2 is 1.74 bits per heavy atom. The van der Waals surface area contributed by atoms with E-state index < -0.39 is 32.5 Å². The zero-order chi connectivity index (χ0) is 25.1. The van der Waals surface area contributed by atoms with Gasteiger partial charge < -0.3 is 14.8 Å². The fourth-order valence-electron chi connectivity index (χ4n) is 3.49. The molecule has 1 N–H and O–H groups in total. The summed E-state index contributed by atoms with van der Waals surface area (Å²) in [4.78, 5) is 12.7. The Labute approximate surface area is 200 Å². The van der Waals surface area contributed by atoms with Gasteiger partial charge in [0.05, 0.1) is 32.3 Å². The summed E-state index contributed by atoms with van der Waals surface area (Å²) in [6.45, 7) is 4.28. The molecule has 3 rings (SSSR count). The number of sulfonamides is 2. The van der Waals surface area contributed by atoms with Gasteiger partial charge in [0.25, 0.3) is 0 Å². The van der Waals surface area contributed by atoms with E-state index in [2.05, 4.69) is 5.32 Å². The van der Waals surface area contributed by atoms with Crippen LogP contribution in [-0.4, -0.2) is 73.3 Å². The van der Waals surface area contributed by atoms with E-state index in [4.69, 9.17) is 9.47 Å². The Hall–Kier alpha value is -2.67. The van der Waals surface area contributed by atoms with Crippen LogP contribution in [0.3, 0.4) is 0 Å². The number of amides is 1. The molecular formula is C22H29N3O7S2. The molecule has 1 saturated heterocycles. The molecule has 0 radical (unpaired) electrons. The average Bonchev–Trinajstić information content (AvgIpc) is 2.79. The fourth-order valence-corrected chi connectivity index (χ4v) is 5.93. The topological polar surface area (TPSA) is 122 Å². The SMILES string of the molecule is COc1ccc(NC(=O)CN(c2ccc(C)c(C)c2)S(C)(=O)=O)cc1S(=O)(=O)N1CCOCC1. The van der Waals surface area contributed by atoms with E-state index in [9.17, 15) is 21.6 Å². The first kappa shape index (κ1) is 25.9. The van der Waals surface area contributed by atoms with Crippen molar-refractivity contribution in [2.24, 2.45) is 0 Å². The Balaban J connectivity index is 1.86. The highest BCUT2D eigenvalue weighted by molar-refractivity contribution is 7.92. The van der Waals surface area contributed by atoms with Gasteiger partial charge in [-0.05, 0) is 55.3 Å². The molecule has 1 heterocycles. The van der Waals surface area contributed by atoms with Crippen LogP contribution in [0.1, 0.15) is 11.1 Å². The molecule has 12 heteroatoms. The first-order valence-corrected chi connectivity index (χ1v) is 13.8. The summed E-state index contributed by atoms with van der Waals surface area (Å²) in [5, 5.41) is 2.60. The third kappa shape index (κ3) is 5.87. The lowest BCUT2D eigenvalue weighted by Crippen LogP contribution is -2.40. The number of carbonyl (C=O) groups excluding carboxylic acids is 1. The normalized spacial score (nSPS) is 15.1. The van der Waals surface area contributed by atoms with Crippen LogP contribution in [0.2, 0.25) is 0 Å². The highest BCUT2D eigenvalue weighted by Gasteiger charge is 2.30. The van der Waals surface area contributed by atoms with Gasteiger partial charge >= 0.3 is 0 Å². The van der Waals surface area contributed by atoms with Crippen LogP contribution in [0.25, 0.3) is 0 Å². The number of hydrogen-bond acceptors (Lipinski definition) is 7. The molecule has 2 aromatic rings. The Morgan fingerprint density at radius 3 is 2.32 bits per heavy atom. The highest BCUT2D eigenvalue weighted by Crippen LogP contribution is 2.30. The maximum absolute atomic E-state index is 13.1. The van der Waals surface area contributed by atoms with Crippen LogP contribution in [-0.2, 0) is 29.6 Å². The smallest absolute Gasteiger partial charge is 0.246 e. The molecule has 0 aromatic heterocycles. The van der Waals surface area contributed by atoms with Crippen molar-refractivity contribution in [3.63, 3.8) is 0 Å². The van der Waals surface area contributed by atoms with Crippen molar-refractivity contribution in [1.82, 2.24) is 4.31 Å². The number of nitrogens with one attached hydrogen (secondary N) is 1. The first-order chi connectivity index (χ1) is 15.9. The number of hydrogen-bond donors (Lipinski definition) is 1. The third-order valence-electron chi connectivity index (χ3n) is 5.50. The summed E-state index contributed by atoms with van der Waals surface area (Å²) in [5.41, 5.74) is 2.45. The lowest BCUT2D eigenvalue weighted by Gasteiger charge is -2.27. The van der Waals surface area contributed by atoms with Crippen LogP contribution in [0, 0.1) is 13.8 Å². The summed E-state index contributed by atoms with van der Waals surface area (Å²) in [6, 6.07) is 9.37. The number of ether oxygens (including phenoxy) is 2. The molecule has 10 nitrogen and oxygen atoms in total. The standard InChI is InChI=1S/C22H29N3O7S2/c1-16-5-7-19(13-17(16)2)25(33(4,27)28)15-22(26)23-18-6-8-20(31-3)21(14-18)34(29,30)24-9-11-32-12-10-24/h5-8,13-14H,9-12,15H2,1-4H3,(H,23,26). The molecular weight excluding hydrogens is 482 g/mol. The van der Waals surface area contributed by atoms with Gasteiger partial charge in [0.2, 0.25) is 26.0 Å². The maximum Gasteiger partial charge on any atom is 0.246 e. The minimum Gasteiger partial charge on any atom is -0.495 e. The predicted octanol–water partition coefficient (Wildman–Crippen LogP) is 1.74. The predicted molar refractivity (Wildman–Crippen MR) is 129 cm³/mol. The monoisotopic (exact) mass is 511 g/mol. The fraction of sp³-hybridized carbons (Fsp3) is 0.409. The number of nitrogens with zero attached hydrogens (tertiary/aromatic N) is 2. The number of morpholine rings is 1. The minimum absolute atomic E-state index is 0.0937. The first-order valence-electron chi connectivity index (χ1n) is 10.5. The minimum atomic E-state index is -3.89. The number of methoxy groups -OCH3 is 1. The summed E-state index contributed by atoms with van der Waals surface area (Å²) >= 11 is 0. The quantitative estimate of drug-likeness (QED) is 0.573. The van der Waals surface area contributed by atoms with E-state index >= 15 is 0 Å². The molecule has 0 saturated carbocycles. The van der Waals surface area contributed by atoms with Crippen molar-refractivity contribution in [2.45, 2.75) is 18.7 Å². The molecule has 1 aliphatic heterocycles. The van der Waals surface area contributed by atoms with Crippen LogP contribution < -0.4 is 14.4 Å². The second-order valence-electron chi connectivity index (χ2n) is 7.97. The van der Waals surface area contributed by atoms with Gasteiger partial charge in [-0.15, -0.1) is 0 Å². The molecule has 34 heavy (non-hydrogen) atoms. The number of carbonyl (C=O) groups is 1. The second-order valence-corrected chi connectivity index (χ2v) is 11.8. The third-order valence-corrected chi connectivity index (χ3v) is 8.56. The van der Waals surface area contributed by atoms with Crippen molar-refractivity contribution in [1.29, 1.82) is 0 Å². The van der Waals surface area contributed by atoms with Gasteiger partial charge in [-0.2, -0.15) is 4.31 Å². The zero-order valence-corrected chi connectivity index (χ0v) is 21.2. The van der Waals surface area contributed by atoms with E-state index in [1.165, 1.54) is 29.6 Å². The van der Waals surface area contributed by atoms with E-state index in [0.29, 0.717) is 5.69 Å². The van der Waals surface area contributed by atoms with E-state index in [0.717, 1.165) is 21.7 Å². The van der Waals surface area contributed by atoms with Gasteiger partial charge in [-0.3, -0.25) is 9.10 Å². The van der Waals surface area contributed by atoms with Crippen molar-refractivity contribution in [3.8, 4) is 5.75 Å². The van der Waals surface area contributed by atoms with Crippen molar-refractivity contribution >= 4 is 37.3 Å². The number of anilines is 2. The Kier molecular flexibility index (Phi) is 7.86. The van der Waals surface area contributed by atoms with Crippen LogP contribution >= 0.6 is 0 Å². The van der Waals surface area contributed by atoms with Crippen LogP contribution in [0.5, 0.6) is 5.75 Å². The van der Waals surface area contributed by atoms with Gasteiger partial charge in [0, 0.05) is 18.8 Å². The molecule has 1 aliphatic rings. The Morgan fingerprint density at radius 1 is 1.06 bits per heavy atom. The second kappa shape index (κ2) is 10.3. The largest absolute Gasteiger partial charge is 0.495 e. The van der Waals surface area contributed by atoms with Crippen LogP contribution in [0.15, 0.2) is 41.3 Å². The molecule has 0 bridgehead atoms. The molecule has 1 fully saturated rings. The lowest BCUT2D eigenvalue weighted by molar-refractivity contribution is -0.114. The molecule has 186 valence electrons. The summed E-state index contributed by atoms with van der Waals surface area (Å²) < 4.78 is 63.9. The van der Waals surface area contributed by atoms with Gasteiger partial charge in [-0.1, -0.05) is 6.07 Å². The lowest BCUT2D eigenvalue weighted by atomic mass is 10.1. The Bertz CT molecular complexity index is 1270. The summed E-state index contributed by atoms with van der Waals surface area (Å²) in [6.07, 6.45) is 1.02. The maximum atomic E-state index is 13.1. The molecule has 0 unspecified atom stereocenters.